The Hall–Kier alpha value is -3.61. The van der Waals surface area contributed by atoms with Gasteiger partial charge in [-0.1, -0.05) is 6.92 Å². The van der Waals surface area contributed by atoms with Gasteiger partial charge in [0, 0.05) is 31.4 Å². The Kier molecular flexibility index (Phi) is 5.03. The van der Waals surface area contributed by atoms with Crippen LogP contribution in [0.3, 0.4) is 0 Å². The molecule has 3 aromatic rings. The van der Waals surface area contributed by atoms with Crippen LogP contribution in [0, 0.1) is 23.1 Å². The molecule has 1 aliphatic rings. The van der Waals surface area contributed by atoms with E-state index >= 15 is 0 Å². The molecule has 3 aromatic heterocycles. The molecule has 1 fully saturated rings. The fraction of sp³-hybridized carbons (Fsp3) is 0.350. The van der Waals surface area contributed by atoms with E-state index < -0.39 is 23.8 Å². The maximum atomic E-state index is 14.6. The smallest absolute Gasteiger partial charge is 0.231 e. The summed E-state index contributed by atoms with van der Waals surface area (Å²) in [5.74, 6) is -1.17. The van der Waals surface area contributed by atoms with Gasteiger partial charge in [0.25, 0.3) is 0 Å². The molecule has 1 aliphatic carbocycles. The zero-order valence-corrected chi connectivity index (χ0v) is 16.4. The maximum Gasteiger partial charge on any atom is 0.231 e. The van der Waals surface area contributed by atoms with Gasteiger partial charge in [-0.25, -0.2) is 23.7 Å². The second-order valence-corrected chi connectivity index (χ2v) is 7.17. The Bertz CT molecular complexity index is 1180. The van der Waals surface area contributed by atoms with Gasteiger partial charge in [0.1, 0.15) is 23.6 Å². The highest BCUT2D eigenvalue weighted by molar-refractivity contribution is 6.00. The van der Waals surface area contributed by atoms with Crippen LogP contribution in [0.15, 0.2) is 18.6 Å². The normalized spacial score (nSPS) is 17.6. The number of alkyl halides is 1. The summed E-state index contributed by atoms with van der Waals surface area (Å²) < 4.78 is 29.6. The Morgan fingerprint density at radius 1 is 1.43 bits per heavy atom. The summed E-state index contributed by atoms with van der Waals surface area (Å²) in [6.07, 6.45) is 2.70. The van der Waals surface area contributed by atoms with Crippen LogP contribution >= 0.6 is 0 Å². The molecule has 0 spiro atoms. The van der Waals surface area contributed by atoms with E-state index in [1.807, 2.05) is 6.92 Å². The van der Waals surface area contributed by atoms with Gasteiger partial charge in [-0.2, -0.15) is 5.26 Å². The molecular weight excluding hydrogens is 392 g/mol. The van der Waals surface area contributed by atoms with Crippen molar-refractivity contribution in [2.45, 2.75) is 32.5 Å². The molecule has 2 N–H and O–H groups in total. The molecule has 0 saturated heterocycles. The zero-order valence-electron chi connectivity index (χ0n) is 16.4. The van der Waals surface area contributed by atoms with E-state index in [1.54, 1.807) is 30.1 Å². The molecule has 3 heterocycles. The number of pyridine rings is 2. The van der Waals surface area contributed by atoms with Crippen molar-refractivity contribution in [2.75, 3.05) is 10.6 Å². The lowest BCUT2D eigenvalue weighted by Crippen LogP contribution is -2.17. The molecular formula is C20H19F2N7O. The molecule has 1 saturated carbocycles. The third-order valence-electron chi connectivity index (χ3n) is 5.15. The number of halogens is 2. The monoisotopic (exact) mass is 411 g/mol. The number of amides is 1. The van der Waals surface area contributed by atoms with Gasteiger partial charge in [-0.15, -0.1) is 0 Å². The number of nitrogens with one attached hydrogen (secondary N) is 2. The van der Waals surface area contributed by atoms with E-state index in [9.17, 15) is 13.6 Å². The lowest BCUT2D eigenvalue weighted by Gasteiger charge is -2.13. The van der Waals surface area contributed by atoms with E-state index in [1.165, 1.54) is 6.20 Å². The van der Waals surface area contributed by atoms with Gasteiger partial charge in [0.15, 0.2) is 17.3 Å². The number of hydrogen-bond donors (Lipinski definition) is 2. The van der Waals surface area contributed by atoms with Crippen molar-refractivity contribution in [1.29, 1.82) is 5.26 Å². The quantitative estimate of drug-likeness (QED) is 0.646. The SMILES string of the molecule is CCc1cnc(C#N)c(F)c1CNc1cc2c(ncn2C)c(NC(=O)[C@H]2C[C@H]2F)n1. The molecule has 0 aliphatic heterocycles. The third-order valence-corrected chi connectivity index (χ3v) is 5.15. The molecule has 8 nitrogen and oxygen atoms in total. The highest BCUT2D eigenvalue weighted by Gasteiger charge is 2.44. The van der Waals surface area contributed by atoms with Crippen LogP contribution in [-0.2, 0) is 24.8 Å². The average Bonchev–Trinajstić information content (AvgIpc) is 3.36. The Balaban J connectivity index is 1.64. The van der Waals surface area contributed by atoms with Crippen LogP contribution in [0.4, 0.5) is 20.4 Å². The highest BCUT2D eigenvalue weighted by Crippen LogP contribution is 2.35. The largest absolute Gasteiger partial charge is 0.366 e. The number of rotatable bonds is 6. The second-order valence-electron chi connectivity index (χ2n) is 7.17. The van der Waals surface area contributed by atoms with Crippen molar-refractivity contribution in [1.82, 2.24) is 19.5 Å². The summed E-state index contributed by atoms with van der Waals surface area (Å²) in [7, 11) is 1.79. The van der Waals surface area contributed by atoms with E-state index in [4.69, 9.17) is 5.26 Å². The molecule has 0 radical (unpaired) electrons. The Labute approximate surface area is 171 Å². The average molecular weight is 411 g/mol. The zero-order chi connectivity index (χ0) is 21.4. The fourth-order valence-corrected chi connectivity index (χ4v) is 3.26. The maximum absolute atomic E-state index is 14.6. The van der Waals surface area contributed by atoms with Crippen LogP contribution in [-0.4, -0.2) is 31.6 Å². The fourth-order valence-electron chi connectivity index (χ4n) is 3.26. The number of carbonyl (C=O) groups is 1. The third kappa shape index (κ3) is 3.54. The predicted octanol–water partition coefficient (Wildman–Crippen LogP) is 2.85. The van der Waals surface area contributed by atoms with E-state index in [0.717, 1.165) is 0 Å². The molecule has 0 aromatic carbocycles. The number of nitrogens with zero attached hydrogens (tertiary/aromatic N) is 5. The van der Waals surface area contributed by atoms with E-state index in [0.29, 0.717) is 34.4 Å². The van der Waals surface area contributed by atoms with Crippen LogP contribution in [0.2, 0.25) is 0 Å². The summed E-state index contributed by atoms with van der Waals surface area (Å²) >= 11 is 0. The van der Waals surface area contributed by atoms with Crippen LogP contribution in [0.25, 0.3) is 11.0 Å². The minimum atomic E-state index is -1.12. The van der Waals surface area contributed by atoms with Gasteiger partial charge in [-0.3, -0.25) is 4.79 Å². The first kappa shape index (κ1) is 19.7. The molecule has 154 valence electrons. The molecule has 2 atom stereocenters. The van der Waals surface area contributed by atoms with Crippen molar-refractivity contribution in [2.24, 2.45) is 13.0 Å². The van der Waals surface area contributed by atoms with Gasteiger partial charge in [0.05, 0.1) is 17.8 Å². The molecule has 10 heteroatoms. The van der Waals surface area contributed by atoms with Gasteiger partial charge in [0.2, 0.25) is 5.91 Å². The summed E-state index contributed by atoms with van der Waals surface area (Å²) in [5.41, 5.74) is 1.91. The highest BCUT2D eigenvalue weighted by atomic mass is 19.1. The van der Waals surface area contributed by atoms with Crippen LogP contribution in [0.1, 0.15) is 30.2 Å². The number of anilines is 2. The first-order valence-corrected chi connectivity index (χ1v) is 9.50. The number of fused-ring (bicyclic) bond motifs is 1. The topological polar surface area (TPSA) is 109 Å². The first-order valence-electron chi connectivity index (χ1n) is 9.50. The molecule has 0 unspecified atom stereocenters. The molecule has 4 rings (SSSR count). The lowest BCUT2D eigenvalue weighted by atomic mass is 10.1. The Morgan fingerprint density at radius 3 is 2.87 bits per heavy atom. The van der Waals surface area contributed by atoms with Crippen molar-refractivity contribution in [3.05, 3.63) is 41.2 Å². The number of aryl methyl sites for hydroxylation is 2. The van der Waals surface area contributed by atoms with Gasteiger partial charge >= 0.3 is 0 Å². The number of hydrogen-bond acceptors (Lipinski definition) is 6. The number of nitriles is 1. The minimum Gasteiger partial charge on any atom is -0.366 e. The number of aromatic nitrogens is 4. The number of imidazole rings is 1. The molecule has 1 amide bonds. The van der Waals surface area contributed by atoms with Crippen LogP contribution < -0.4 is 10.6 Å². The molecule has 0 bridgehead atoms. The van der Waals surface area contributed by atoms with Crippen LogP contribution in [0.5, 0.6) is 0 Å². The lowest BCUT2D eigenvalue weighted by molar-refractivity contribution is -0.117. The van der Waals surface area contributed by atoms with E-state index in [2.05, 4.69) is 25.6 Å². The summed E-state index contributed by atoms with van der Waals surface area (Å²) in [4.78, 5) is 24.7. The molecule has 30 heavy (non-hydrogen) atoms. The summed E-state index contributed by atoms with van der Waals surface area (Å²) in [5, 5.41) is 14.7. The summed E-state index contributed by atoms with van der Waals surface area (Å²) in [6, 6.07) is 3.47. The Morgan fingerprint density at radius 2 is 2.20 bits per heavy atom. The van der Waals surface area contributed by atoms with Crippen molar-refractivity contribution >= 4 is 28.6 Å². The first-order chi connectivity index (χ1) is 14.4. The van der Waals surface area contributed by atoms with E-state index in [-0.39, 0.29) is 24.5 Å². The number of carbonyl (C=O) groups excluding carboxylic acids is 1. The second kappa shape index (κ2) is 7.67. The minimum absolute atomic E-state index is 0.0745. The van der Waals surface area contributed by atoms with Gasteiger partial charge in [-0.05, 0) is 18.4 Å². The van der Waals surface area contributed by atoms with Crippen molar-refractivity contribution in [3.8, 4) is 6.07 Å². The van der Waals surface area contributed by atoms with Gasteiger partial charge < -0.3 is 15.2 Å². The summed E-state index contributed by atoms with van der Waals surface area (Å²) in [6.45, 7) is 1.95. The standard InChI is InChI=1S/C20H19F2N7O/c1-3-10-7-24-14(6-23)17(22)12(10)8-25-16-5-15-18(26-9-29(15)2)19(27-16)28-20(30)11-4-13(11)21/h5,7,9,11,13H,3-4,8H2,1-2H3,(H2,25,27,28,30)/t11-,13+/m0/s1. The van der Waals surface area contributed by atoms with Crippen molar-refractivity contribution < 1.29 is 13.6 Å². The predicted molar refractivity (Wildman–Crippen MR) is 106 cm³/mol. The van der Waals surface area contributed by atoms with Crippen molar-refractivity contribution in [3.63, 3.8) is 0 Å².